The number of aryl methyl sites for hydroxylation is 1. The van der Waals surface area contributed by atoms with Gasteiger partial charge < -0.3 is 0 Å². The predicted molar refractivity (Wildman–Crippen MR) is 56.0 cm³/mol. The second kappa shape index (κ2) is 3.32. The quantitative estimate of drug-likeness (QED) is 0.525. The molecule has 1 aromatic rings. The molecular weight excluding hydrogens is 194 g/mol. The van der Waals surface area contributed by atoms with E-state index in [1.165, 1.54) is 18.5 Å². The Balaban J connectivity index is 2.40. The molecule has 4 heteroatoms. The maximum atomic E-state index is 8.57. The highest BCUT2D eigenvalue weighted by Gasteiger charge is 2.29. The number of hydrogen-bond acceptors (Lipinski definition) is 3. The molecule has 1 aliphatic heterocycles. The Morgan fingerprint density at radius 1 is 1.64 bits per heavy atom. The molecule has 0 amide bonds. The first-order chi connectivity index (χ1) is 6.63. The summed E-state index contributed by atoms with van der Waals surface area (Å²) in [5.41, 5.74) is 1.47. The smallest absolute Gasteiger partial charge is 0.140 e. The van der Waals surface area contributed by atoms with Gasteiger partial charge in [0, 0.05) is 29.4 Å². The standard InChI is InChI=1S/C10H13N3S/c1-10(2)4-3-5-13-8(10)6-9(12-13)14-7-11/h6H,3-5H2,1-2H3. The minimum absolute atomic E-state index is 0.208. The van der Waals surface area contributed by atoms with Crippen LogP contribution in [0.5, 0.6) is 0 Å². The third kappa shape index (κ3) is 1.53. The van der Waals surface area contributed by atoms with Gasteiger partial charge in [-0.05, 0) is 18.9 Å². The van der Waals surface area contributed by atoms with E-state index in [2.05, 4.69) is 24.3 Å². The Labute approximate surface area is 88.1 Å². The van der Waals surface area contributed by atoms with Crippen LogP contribution in [0.1, 0.15) is 32.4 Å². The molecule has 2 rings (SSSR count). The number of thioether (sulfide) groups is 1. The molecular formula is C10H13N3S. The molecule has 3 nitrogen and oxygen atoms in total. The van der Waals surface area contributed by atoms with Crippen LogP contribution in [0.2, 0.25) is 0 Å². The van der Waals surface area contributed by atoms with Crippen LogP contribution in [-0.2, 0) is 12.0 Å². The van der Waals surface area contributed by atoms with Crippen LogP contribution in [0.25, 0.3) is 0 Å². The van der Waals surface area contributed by atoms with E-state index in [-0.39, 0.29) is 5.41 Å². The van der Waals surface area contributed by atoms with Crippen molar-refractivity contribution in [3.05, 3.63) is 11.8 Å². The van der Waals surface area contributed by atoms with Gasteiger partial charge in [-0.25, -0.2) is 0 Å². The summed E-state index contributed by atoms with van der Waals surface area (Å²) in [6, 6.07) is 2.05. The van der Waals surface area contributed by atoms with Crippen LogP contribution < -0.4 is 0 Å². The predicted octanol–water partition coefficient (Wildman–Crippen LogP) is 2.53. The summed E-state index contributed by atoms with van der Waals surface area (Å²) in [5, 5.41) is 15.9. The topological polar surface area (TPSA) is 41.6 Å². The van der Waals surface area contributed by atoms with Gasteiger partial charge in [-0.1, -0.05) is 13.8 Å². The van der Waals surface area contributed by atoms with E-state index < -0.39 is 0 Å². The SMILES string of the molecule is CC1(C)CCCn2nc(SC#N)cc21. The van der Waals surface area contributed by atoms with Crippen LogP contribution >= 0.6 is 11.8 Å². The van der Waals surface area contributed by atoms with Crippen LogP contribution in [0.4, 0.5) is 0 Å². The number of nitrogens with zero attached hydrogens (tertiary/aromatic N) is 3. The first-order valence-corrected chi connectivity index (χ1v) is 5.59. The summed E-state index contributed by atoms with van der Waals surface area (Å²) in [6.07, 6.45) is 2.38. The molecule has 0 aliphatic carbocycles. The average molecular weight is 207 g/mol. The van der Waals surface area contributed by atoms with Gasteiger partial charge in [-0.3, -0.25) is 4.68 Å². The Bertz CT molecular complexity index is 387. The van der Waals surface area contributed by atoms with Gasteiger partial charge in [0.1, 0.15) is 10.4 Å². The van der Waals surface area contributed by atoms with Gasteiger partial charge in [-0.15, -0.1) is 0 Å². The lowest BCUT2D eigenvalue weighted by atomic mass is 9.82. The van der Waals surface area contributed by atoms with E-state index >= 15 is 0 Å². The van der Waals surface area contributed by atoms with E-state index in [1.807, 2.05) is 10.7 Å². The third-order valence-electron chi connectivity index (χ3n) is 2.77. The van der Waals surface area contributed by atoms with Gasteiger partial charge in [-0.2, -0.15) is 10.4 Å². The van der Waals surface area contributed by atoms with Crippen molar-refractivity contribution in [1.29, 1.82) is 5.26 Å². The van der Waals surface area contributed by atoms with E-state index in [1.54, 1.807) is 0 Å². The molecule has 0 saturated heterocycles. The largest absolute Gasteiger partial charge is 0.268 e. The van der Waals surface area contributed by atoms with Crippen LogP contribution in [-0.4, -0.2) is 9.78 Å². The third-order valence-corrected chi connectivity index (χ3v) is 3.27. The van der Waals surface area contributed by atoms with Crippen LogP contribution in [0, 0.1) is 10.7 Å². The molecule has 1 aliphatic rings. The van der Waals surface area contributed by atoms with Gasteiger partial charge in [0.05, 0.1) is 0 Å². The van der Waals surface area contributed by atoms with Crippen molar-refractivity contribution in [2.24, 2.45) is 0 Å². The molecule has 0 fully saturated rings. The summed E-state index contributed by atoms with van der Waals surface area (Å²) in [4.78, 5) is 0. The Morgan fingerprint density at radius 3 is 3.07 bits per heavy atom. The highest BCUT2D eigenvalue weighted by molar-refractivity contribution is 8.03. The molecule has 0 radical (unpaired) electrons. The minimum Gasteiger partial charge on any atom is -0.268 e. The molecule has 0 atom stereocenters. The summed E-state index contributed by atoms with van der Waals surface area (Å²) >= 11 is 1.14. The normalized spacial score (nSPS) is 18.6. The molecule has 74 valence electrons. The van der Waals surface area contributed by atoms with Crippen molar-refractivity contribution in [2.45, 2.75) is 43.7 Å². The fourth-order valence-electron chi connectivity index (χ4n) is 2.00. The van der Waals surface area contributed by atoms with E-state index in [0.717, 1.165) is 23.3 Å². The number of rotatable bonds is 1. The zero-order valence-electron chi connectivity index (χ0n) is 8.45. The van der Waals surface area contributed by atoms with Gasteiger partial charge in [0.2, 0.25) is 0 Å². The molecule has 0 unspecified atom stereocenters. The summed E-state index contributed by atoms with van der Waals surface area (Å²) in [6.45, 7) is 5.46. The molecule has 14 heavy (non-hydrogen) atoms. The number of thiocyanates is 1. The Hall–Kier alpha value is -0.950. The lowest BCUT2D eigenvalue weighted by Crippen LogP contribution is -2.27. The van der Waals surface area contributed by atoms with E-state index in [9.17, 15) is 0 Å². The van der Waals surface area contributed by atoms with Crippen molar-refractivity contribution in [3.8, 4) is 5.40 Å². The highest BCUT2D eigenvalue weighted by Crippen LogP contribution is 2.34. The molecule has 0 saturated carbocycles. The maximum Gasteiger partial charge on any atom is 0.140 e. The van der Waals surface area contributed by atoms with Crippen molar-refractivity contribution >= 4 is 11.8 Å². The van der Waals surface area contributed by atoms with Gasteiger partial charge in [0.25, 0.3) is 0 Å². The summed E-state index contributed by atoms with van der Waals surface area (Å²) in [7, 11) is 0. The highest BCUT2D eigenvalue weighted by atomic mass is 32.2. The maximum absolute atomic E-state index is 8.57. The van der Waals surface area contributed by atoms with Crippen molar-refractivity contribution in [3.63, 3.8) is 0 Å². The summed E-state index contributed by atoms with van der Waals surface area (Å²) in [5.74, 6) is 0. The van der Waals surface area contributed by atoms with E-state index in [4.69, 9.17) is 5.26 Å². The second-order valence-electron chi connectivity index (χ2n) is 4.27. The number of fused-ring (bicyclic) bond motifs is 1. The fraction of sp³-hybridized carbons (Fsp3) is 0.600. The van der Waals surface area contributed by atoms with Gasteiger partial charge >= 0.3 is 0 Å². The lowest BCUT2D eigenvalue weighted by molar-refractivity contribution is 0.342. The Morgan fingerprint density at radius 2 is 2.43 bits per heavy atom. The molecule has 0 spiro atoms. The molecule has 0 N–H and O–H groups in total. The first-order valence-electron chi connectivity index (χ1n) is 4.78. The number of nitriles is 1. The van der Waals surface area contributed by atoms with Crippen molar-refractivity contribution in [2.75, 3.05) is 0 Å². The van der Waals surface area contributed by atoms with Crippen molar-refractivity contribution in [1.82, 2.24) is 9.78 Å². The zero-order chi connectivity index (χ0) is 10.2. The van der Waals surface area contributed by atoms with Gasteiger partial charge in [0.15, 0.2) is 0 Å². The number of aromatic nitrogens is 2. The van der Waals surface area contributed by atoms with Crippen LogP contribution in [0.15, 0.2) is 11.1 Å². The zero-order valence-corrected chi connectivity index (χ0v) is 9.27. The molecule has 1 aromatic heterocycles. The second-order valence-corrected chi connectivity index (χ2v) is 5.08. The molecule has 0 bridgehead atoms. The Kier molecular flexibility index (Phi) is 2.28. The summed E-state index contributed by atoms with van der Waals surface area (Å²) < 4.78 is 2.04. The van der Waals surface area contributed by atoms with Crippen LogP contribution in [0.3, 0.4) is 0 Å². The van der Waals surface area contributed by atoms with Crippen molar-refractivity contribution < 1.29 is 0 Å². The monoisotopic (exact) mass is 207 g/mol. The minimum atomic E-state index is 0.208. The molecule has 2 heterocycles. The first kappa shape index (κ1) is 9.60. The average Bonchev–Trinajstić information content (AvgIpc) is 2.49. The fourth-order valence-corrected chi connectivity index (χ4v) is 2.41. The number of hydrogen-bond donors (Lipinski definition) is 0. The molecule has 0 aromatic carbocycles. The van der Waals surface area contributed by atoms with E-state index in [0.29, 0.717) is 0 Å². The lowest BCUT2D eigenvalue weighted by Gasteiger charge is -2.30.